The lowest BCUT2D eigenvalue weighted by Crippen LogP contribution is -2.32. The van der Waals surface area contributed by atoms with Gasteiger partial charge in [0.15, 0.2) is 0 Å². The monoisotopic (exact) mass is 279 g/mol. The average molecular weight is 279 g/mol. The highest BCUT2D eigenvalue weighted by Gasteiger charge is 2.34. The normalized spacial score (nSPS) is 23.6. The number of aryl methyl sites for hydroxylation is 2. The van der Waals surface area contributed by atoms with Gasteiger partial charge in [-0.2, -0.15) is 0 Å². The summed E-state index contributed by atoms with van der Waals surface area (Å²) in [6.45, 7) is 5.67. The maximum absolute atomic E-state index is 12.2. The van der Waals surface area contributed by atoms with E-state index in [4.69, 9.17) is 9.52 Å². The van der Waals surface area contributed by atoms with Gasteiger partial charge in [-0.15, -0.1) is 0 Å². The van der Waals surface area contributed by atoms with Gasteiger partial charge < -0.3 is 14.8 Å². The Labute approximate surface area is 118 Å². The van der Waals surface area contributed by atoms with Crippen LogP contribution in [0.4, 0.5) is 0 Å². The summed E-state index contributed by atoms with van der Waals surface area (Å²) in [5.41, 5.74) is 0.976. The van der Waals surface area contributed by atoms with Crippen molar-refractivity contribution in [3.63, 3.8) is 0 Å². The summed E-state index contributed by atoms with van der Waals surface area (Å²) in [4.78, 5) is 23.1. The largest absolute Gasteiger partial charge is 0.481 e. The fourth-order valence-corrected chi connectivity index (χ4v) is 2.93. The van der Waals surface area contributed by atoms with Gasteiger partial charge in [0.2, 0.25) is 5.91 Å². The average Bonchev–Trinajstić information content (AvgIpc) is 2.95. The van der Waals surface area contributed by atoms with Crippen LogP contribution in [0.5, 0.6) is 0 Å². The van der Waals surface area contributed by atoms with Gasteiger partial charge >= 0.3 is 5.97 Å². The second-order valence-corrected chi connectivity index (χ2v) is 5.64. The number of carbonyl (C=O) groups is 2. The van der Waals surface area contributed by atoms with Crippen molar-refractivity contribution in [1.82, 2.24) is 5.32 Å². The van der Waals surface area contributed by atoms with Crippen molar-refractivity contribution >= 4 is 11.9 Å². The van der Waals surface area contributed by atoms with Crippen LogP contribution in [0.1, 0.15) is 49.3 Å². The van der Waals surface area contributed by atoms with Crippen molar-refractivity contribution in [3.05, 3.63) is 23.2 Å². The van der Waals surface area contributed by atoms with Gasteiger partial charge in [-0.05, 0) is 46.1 Å². The maximum Gasteiger partial charge on any atom is 0.306 e. The number of hydrogen-bond acceptors (Lipinski definition) is 3. The quantitative estimate of drug-likeness (QED) is 0.887. The molecular formula is C15H21NO4. The van der Waals surface area contributed by atoms with Crippen molar-refractivity contribution in [2.24, 2.45) is 11.8 Å². The molecule has 0 spiro atoms. The first-order valence-electron chi connectivity index (χ1n) is 6.98. The Morgan fingerprint density at radius 3 is 2.50 bits per heavy atom. The molecule has 1 fully saturated rings. The fourth-order valence-electron chi connectivity index (χ4n) is 2.93. The molecule has 2 rings (SSSR count). The molecule has 2 N–H and O–H groups in total. The van der Waals surface area contributed by atoms with Crippen LogP contribution in [0.2, 0.25) is 0 Å². The minimum atomic E-state index is -0.797. The Morgan fingerprint density at radius 1 is 1.35 bits per heavy atom. The van der Waals surface area contributed by atoms with Gasteiger partial charge in [-0.25, -0.2) is 0 Å². The molecular weight excluding hydrogens is 258 g/mol. The molecule has 3 unspecified atom stereocenters. The van der Waals surface area contributed by atoms with Crippen molar-refractivity contribution in [1.29, 1.82) is 0 Å². The zero-order valence-electron chi connectivity index (χ0n) is 12.1. The molecule has 110 valence electrons. The second kappa shape index (κ2) is 5.69. The molecule has 20 heavy (non-hydrogen) atoms. The van der Waals surface area contributed by atoms with Gasteiger partial charge in [0, 0.05) is 11.5 Å². The number of amides is 1. The van der Waals surface area contributed by atoms with Gasteiger partial charge in [-0.1, -0.05) is 0 Å². The standard InChI is InChI=1S/C15H21NO4/c1-8-6-13(10(3)20-8)9(2)16-14(17)11-4-5-12(7-11)15(18)19/h6,9,11-12H,4-5,7H2,1-3H3,(H,16,17)(H,18,19). The summed E-state index contributed by atoms with van der Waals surface area (Å²) < 4.78 is 5.46. The van der Waals surface area contributed by atoms with Crippen LogP contribution in [0.3, 0.4) is 0 Å². The van der Waals surface area contributed by atoms with Crippen LogP contribution in [0.25, 0.3) is 0 Å². The predicted octanol–water partition coefficient (Wildman–Crippen LogP) is 2.57. The van der Waals surface area contributed by atoms with E-state index >= 15 is 0 Å². The molecule has 5 nitrogen and oxygen atoms in total. The molecule has 1 saturated carbocycles. The summed E-state index contributed by atoms with van der Waals surface area (Å²) in [6, 6.07) is 1.80. The third-order valence-electron chi connectivity index (χ3n) is 4.06. The molecule has 0 aromatic carbocycles. The maximum atomic E-state index is 12.2. The summed E-state index contributed by atoms with van der Waals surface area (Å²) >= 11 is 0. The Bertz CT molecular complexity index is 520. The number of aliphatic carboxylic acids is 1. The van der Waals surface area contributed by atoms with Gasteiger partial charge in [0.25, 0.3) is 0 Å². The summed E-state index contributed by atoms with van der Waals surface area (Å²) in [6.07, 6.45) is 1.68. The number of rotatable bonds is 4. The summed E-state index contributed by atoms with van der Waals surface area (Å²) in [5.74, 6) is 0.218. The van der Waals surface area contributed by atoms with Gasteiger partial charge in [0.05, 0.1) is 12.0 Å². The van der Waals surface area contributed by atoms with Crippen LogP contribution in [0.15, 0.2) is 10.5 Å². The smallest absolute Gasteiger partial charge is 0.306 e. The second-order valence-electron chi connectivity index (χ2n) is 5.64. The molecule has 1 aromatic heterocycles. The fraction of sp³-hybridized carbons (Fsp3) is 0.600. The molecule has 3 atom stereocenters. The highest BCUT2D eigenvalue weighted by molar-refractivity contribution is 5.81. The molecule has 1 heterocycles. The lowest BCUT2D eigenvalue weighted by atomic mass is 10.0. The minimum absolute atomic E-state index is 0.0560. The first kappa shape index (κ1) is 14.6. The van der Waals surface area contributed by atoms with E-state index in [1.165, 1.54) is 0 Å². The topological polar surface area (TPSA) is 79.5 Å². The Hall–Kier alpha value is -1.78. The van der Waals surface area contributed by atoms with E-state index in [9.17, 15) is 9.59 Å². The Kier molecular flexibility index (Phi) is 4.16. The van der Waals surface area contributed by atoms with Gasteiger partial charge in [-0.3, -0.25) is 9.59 Å². The number of nitrogens with one attached hydrogen (secondary N) is 1. The van der Waals surface area contributed by atoms with E-state index in [0.29, 0.717) is 19.3 Å². The summed E-state index contributed by atoms with van der Waals surface area (Å²) in [5, 5.41) is 11.9. The third kappa shape index (κ3) is 3.03. The van der Waals surface area contributed by atoms with Crippen molar-refractivity contribution in [2.45, 2.75) is 46.1 Å². The molecule has 1 aliphatic carbocycles. The van der Waals surface area contributed by atoms with Crippen LogP contribution in [-0.2, 0) is 9.59 Å². The van der Waals surface area contributed by atoms with Crippen molar-refractivity contribution in [3.8, 4) is 0 Å². The van der Waals surface area contributed by atoms with Crippen LogP contribution >= 0.6 is 0 Å². The van der Waals surface area contributed by atoms with E-state index in [-0.39, 0.29) is 23.8 Å². The number of furan rings is 1. The van der Waals surface area contributed by atoms with Gasteiger partial charge in [0.1, 0.15) is 11.5 Å². The molecule has 0 radical (unpaired) electrons. The zero-order chi connectivity index (χ0) is 14.9. The molecule has 0 bridgehead atoms. The highest BCUT2D eigenvalue weighted by Crippen LogP contribution is 2.32. The van der Waals surface area contributed by atoms with Crippen molar-refractivity contribution in [2.75, 3.05) is 0 Å². The van der Waals surface area contributed by atoms with Crippen molar-refractivity contribution < 1.29 is 19.1 Å². The lowest BCUT2D eigenvalue weighted by Gasteiger charge is -2.16. The molecule has 0 saturated heterocycles. The molecule has 1 amide bonds. The highest BCUT2D eigenvalue weighted by atomic mass is 16.4. The SMILES string of the molecule is Cc1cc(C(C)NC(=O)C2CCC(C(=O)O)C2)c(C)o1. The van der Waals surface area contributed by atoms with Crippen LogP contribution < -0.4 is 5.32 Å². The third-order valence-corrected chi connectivity index (χ3v) is 4.06. The van der Waals surface area contributed by atoms with E-state index in [1.54, 1.807) is 0 Å². The number of carbonyl (C=O) groups excluding carboxylic acids is 1. The first-order valence-corrected chi connectivity index (χ1v) is 6.98. The number of hydrogen-bond donors (Lipinski definition) is 2. The molecule has 5 heteroatoms. The molecule has 1 aliphatic rings. The molecule has 1 aromatic rings. The number of carboxylic acid groups (broad SMARTS) is 1. The molecule has 0 aliphatic heterocycles. The Morgan fingerprint density at radius 2 is 2.00 bits per heavy atom. The van der Waals surface area contributed by atoms with E-state index < -0.39 is 5.97 Å². The minimum Gasteiger partial charge on any atom is -0.481 e. The predicted molar refractivity (Wildman–Crippen MR) is 73.2 cm³/mol. The lowest BCUT2D eigenvalue weighted by molar-refractivity contribution is -0.141. The Balaban J connectivity index is 1.95. The first-order chi connectivity index (χ1) is 9.38. The van der Waals surface area contributed by atoms with Crippen LogP contribution in [-0.4, -0.2) is 17.0 Å². The summed E-state index contributed by atoms with van der Waals surface area (Å²) in [7, 11) is 0. The number of carboxylic acids is 1. The van der Waals surface area contributed by atoms with Crippen LogP contribution in [0, 0.1) is 25.7 Å². The zero-order valence-corrected chi connectivity index (χ0v) is 12.1. The van der Waals surface area contributed by atoms with E-state index in [1.807, 2.05) is 26.8 Å². The van der Waals surface area contributed by atoms with E-state index in [0.717, 1.165) is 17.1 Å². The van der Waals surface area contributed by atoms with E-state index in [2.05, 4.69) is 5.32 Å².